The van der Waals surface area contributed by atoms with Gasteiger partial charge in [0.25, 0.3) is 0 Å². The zero-order chi connectivity index (χ0) is 12.8. The van der Waals surface area contributed by atoms with Crippen molar-refractivity contribution in [1.29, 1.82) is 5.26 Å². The summed E-state index contributed by atoms with van der Waals surface area (Å²) in [4.78, 5) is 0. The van der Waals surface area contributed by atoms with Crippen LogP contribution in [0.15, 0.2) is 48.5 Å². The van der Waals surface area contributed by atoms with E-state index in [1.54, 1.807) is 0 Å². The lowest BCUT2D eigenvalue weighted by molar-refractivity contribution is 1.36. The molecule has 18 heavy (non-hydrogen) atoms. The molecule has 0 aliphatic heterocycles. The number of halogens is 1. The van der Waals surface area contributed by atoms with Crippen LogP contribution in [-0.2, 0) is 11.5 Å². The van der Waals surface area contributed by atoms with Gasteiger partial charge in [0.05, 0.1) is 11.6 Å². The van der Waals surface area contributed by atoms with Crippen molar-refractivity contribution in [2.75, 3.05) is 0 Å². The maximum Gasteiger partial charge on any atom is 0.0991 e. The molecular formula is C15H12ClNS. The van der Waals surface area contributed by atoms with E-state index in [1.165, 1.54) is 11.1 Å². The minimum absolute atomic E-state index is 0.707. The summed E-state index contributed by atoms with van der Waals surface area (Å²) in [6.45, 7) is 0. The van der Waals surface area contributed by atoms with E-state index < -0.39 is 0 Å². The molecule has 0 bridgehead atoms. The number of nitrogens with zero attached hydrogens (tertiary/aromatic N) is 1. The van der Waals surface area contributed by atoms with Gasteiger partial charge in [-0.3, -0.25) is 0 Å². The van der Waals surface area contributed by atoms with Gasteiger partial charge < -0.3 is 0 Å². The van der Waals surface area contributed by atoms with Gasteiger partial charge in [0.15, 0.2) is 0 Å². The third-order valence-electron chi connectivity index (χ3n) is 2.51. The molecule has 90 valence electrons. The van der Waals surface area contributed by atoms with Crippen molar-refractivity contribution < 1.29 is 0 Å². The van der Waals surface area contributed by atoms with Crippen LogP contribution in [0.5, 0.6) is 0 Å². The molecule has 0 aliphatic carbocycles. The highest BCUT2D eigenvalue weighted by atomic mass is 35.5. The maximum atomic E-state index is 8.71. The Kier molecular flexibility index (Phi) is 4.69. The lowest BCUT2D eigenvalue weighted by atomic mass is 10.2. The van der Waals surface area contributed by atoms with Gasteiger partial charge in [0, 0.05) is 16.5 Å². The van der Waals surface area contributed by atoms with Gasteiger partial charge in [-0.15, -0.1) is 0 Å². The first-order valence-corrected chi connectivity index (χ1v) is 7.12. The minimum atomic E-state index is 0.707. The van der Waals surface area contributed by atoms with Crippen LogP contribution in [0.2, 0.25) is 5.02 Å². The molecule has 0 saturated carbocycles. The first-order chi connectivity index (χ1) is 8.78. The molecular weight excluding hydrogens is 262 g/mol. The Balaban J connectivity index is 1.86. The molecule has 2 rings (SSSR count). The monoisotopic (exact) mass is 273 g/mol. The van der Waals surface area contributed by atoms with E-state index in [0.717, 1.165) is 16.5 Å². The van der Waals surface area contributed by atoms with E-state index in [-0.39, 0.29) is 0 Å². The Morgan fingerprint density at radius 1 is 1.00 bits per heavy atom. The second kappa shape index (κ2) is 6.49. The first-order valence-electron chi connectivity index (χ1n) is 5.59. The van der Waals surface area contributed by atoms with Crippen molar-refractivity contribution in [2.24, 2.45) is 0 Å². The van der Waals surface area contributed by atoms with Crippen molar-refractivity contribution in [1.82, 2.24) is 0 Å². The second-order valence-corrected chi connectivity index (χ2v) is 5.35. The summed E-state index contributed by atoms with van der Waals surface area (Å²) >= 11 is 7.77. The Labute approximate surface area is 116 Å². The Bertz CT molecular complexity index is 557. The number of benzene rings is 2. The quantitative estimate of drug-likeness (QED) is 0.810. The van der Waals surface area contributed by atoms with Gasteiger partial charge in [-0.05, 0) is 35.4 Å². The topological polar surface area (TPSA) is 23.8 Å². The Hall–Kier alpha value is -1.43. The molecule has 0 aromatic heterocycles. The highest BCUT2D eigenvalue weighted by Gasteiger charge is 1.97. The zero-order valence-electron chi connectivity index (χ0n) is 9.77. The van der Waals surface area contributed by atoms with Crippen molar-refractivity contribution >= 4 is 23.4 Å². The fourth-order valence-corrected chi connectivity index (χ4v) is 2.75. The fraction of sp³-hybridized carbons (Fsp3) is 0.133. The normalized spacial score (nSPS) is 10.0. The van der Waals surface area contributed by atoms with Crippen LogP contribution in [0.3, 0.4) is 0 Å². The van der Waals surface area contributed by atoms with E-state index >= 15 is 0 Å². The molecule has 0 radical (unpaired) electrons. The van der Waals surface area contributed by atoms with Crippen molar-refractivity contribution in [3.05, 3.63) is 70.2 Å². The number of hydrogen-bond acceptors (Lipinski definition) is 2. The average molecular weight is 274 g/mol. The molecule has 0 fully saturated rings. The number of thioether (sulfide) groups is 1. The molecule has 0 amide bonds. The van der Waals surface area contributed by atoms with Gasteiger partial charge >= 0.3 is 0 Å². The van der Waals surface area contributed by atoms with Crippen LogP contribution < -0.4 is 0 Å². The molecule has 0 saturated heterocycles. The lowest BCUT2D eigenvalue weighted by Gasteiger charge is -2.03. The fourth-order valence-electron chi connectivity index (χ4n) is 1.59. The lowest BCUT2D eigenvalue weighted by Crippen LogP contribution is -1.84. The van der Waals surface area contributed by atoms with Crippen LogP contribution in [-0.4, -0.2) is 0 Å². The molecule has 1 nitrogen and oxygen atoms in total. The van der Waals surface area contributed by atoms with Gasteiger partial charge in [-0.25, -0.2) is 0 Å². The van der Waals surface area contributed by atoms with Crippen molar-refractivity contribution in [3.63, 3.8) is 0 Å². The van der Waals surface area contributed by atoms with E-state index in [2.05, 4.69) is 12.1 Å². The smallest absolute Gasteiger partial charge is 0.0991 e. The number of rotatable bonds is 4. The molecule has 0 atom stereocenters. The molecule has 0 heterocycles. The minimum Gasteiger partial charge on any atom is -0.192 e. The predicted octanol–water partition coefficient (Wildman–Crippen LogP) is 4.65. The van der Waals surface area contributed by atoms with Crippen LogP contribution in [0.25, 0.3) is 0 Å². The average Bonchev–Trinajstić information content (AvgIpc) is 2.40. The van der Waals surface area contributed by atoms with E-state index in [0.29, 0.717) is 5.56 Å². The summed E-state index contributed by atoms with van der Waals surface area (Å²) in [7, 11) is 0. The Morgan fingerprint density at radius 2 is 1.72 bits per heavy atom. The summed E-state index contributed by atoms with van der Waals surface area (Å²) in [5.74, 6) is 1.89. The standard InChI is InChI=1S/C15H12ClNS/c16-15-3-1-2-14(8-15)11-18-10-13-6-4-12(9-17)5-7-13/h1-8H,10-11H2. The summed E-state index contributed by atoms with van der Waals surface area (Å²) < 4.78 is 0. The largest absolute Gasteiger partial charge is 0.192 e. The molecule has 0 N–H and O–H groups in total. The molecule has 2 aromatic rings. The van der Waals surface area contributed by atoms with E-state index in [9.17, 15) is 0 Å². The maximum absolute atomic E-state index is 8.71. The SMILES string of the molecule is N#Cc1ccc(CSCc2cccc(Cl)c2)cc1. The van der Waals surface area contributed by atoms with Crippen LogP contribution in [0, 0.1) is 11.3 Å². The number of nitriles is 1. The van der Waals surface area contributed by atoms with Crippen LogP contribution in [0.4, 0.5) is 0 Å². The molecule has 0 unspecified atom stereocenters. The summed E-state index contributed by atoms with van der Waals surface area (Å²) in [6, 6.07) is 17.8. The molecule has 0 spiro atoms. The first kappa shape index (κ1) is 13.0. The summed E-state index contributed by atoms with van der Waals surface area (Å²) in [6.07, 6.45) is 0. The second-order valence-electron chi connectivity index (χ2n) is 3.93. The third-order valence-corrected chi connectivity index (χ3v) is 3.82. The number of hydrogen-bond donors (Lipinski definition) is 0. The highest BCUT2D eigenvalue weighted by Crippen LogP contribution is 2.20. The molecule has 2 aromatic carbocycles. The third kappa shape index (κ3) is 3.80. The van der Waals surface area contributed by atoms with Crippen molar-refractivity contribution in [3.8, 4) is 6.07 Å². The summed E-state index contributed by atoms with van der Waals surface area (Å²) in [5.41, 5.74) is 3.18. The van der Waals surface area contributed by atoms with E-state index in [4.69, 9.17) is 16.9 Å². The summed E-state index contributed by atoms with van der Waals surface area (Å²) in [5, 5.41) is 9.50. The van der Waals surface area contributed by atoms with Crippen LogP contribution in [0.1, 0.15) is 16.7 Å². The van der Waals surface area contributed by atoms with Crippen LogP contribution >= 0.6 is 23.4 Å². The Morgan fingerprint density at radius 3 is 2.39 bits per heavy atom. The highest BCUT2D eigenvalue weighted by molar-refractivity contribution is 7.97. The predicted molar refractivity (Wildman–Crippen MR) is 77.6 cm³/mol. The zero-order valence-corrected chi connectivity index (χ0v) is 11.3. The molecule has 3 heteroatoms. The molecule has 0 aliphatic rings. The van der Waals surface area contributed by atoms with E-state index in [1.807, 2.05) is 54.2 Å². The van der Waals surface area contributed by atoms with Gasteiger partial charge in [0.2, 0.25) is 0 Å². The van der Waals surface area contributed by atoms with Gasteiger partial charge in [-0.1, -0.05) is 35.9 Å². The van der Waals surface area contributed by atoms with Gasteiger partial charge in [0.1, 0.15) is 0 Å². The van der Waals surface area contributed by atoms with Gasteiger partial charge in [-0.2, -0.15) is 17.0 Å². The van der Waals surface area contributed by atoms with Crippen molar-refractivity contribution in [2.45, 2.75) is 11.5 Å².